The molecule has 2 N–H and O–H groups in total. The Labute approximate surface area is 155 Å². The lowest BCUT2D eigenvalue weighted by Gasteiger charge is -2.06. The molecule has 0 spiro atoms. The van der Waals surface area contributed by atoms with Gasteiger partial charge in [-0.1, -0.05) is 36.0 Å². The van der Waals surface area contributed by atoms with Gasteiger partial charge in [-0.15, -0.1) is 0 Å². The molecule has 0 saturated carbocycles. The van der Waals surface area contributed by atoms with Crippen LogP contribution in [0, 0.1) is 0 Å². The van der Waals surface area contributed by atoms with Gasteiger partial charge in [0.25, 0.3) is 0 Å². The van der Waals surface area contributed by atoms with Gasteiger partial charge in [-0.05, 0) is 35.9 Å². The van der Waals surface area contributed by atoms with Crippen LogP contribution in [0.25, 0.3) is 6.08 Å². The monoisotopic (exact) mass is 370 g/mol. The number of esters is 1. The molecule has 26 heavy (non-hydrogen) atoms. The molecule has 1 aliphatic heterocycles. The maximum atomic E-state index is 12.1. The van der Waals surface area contributed by atoms with E-state index in [-0.39, 0.29) is 6.79 Å². The van der Waals surface area contributed by atoms with Gasteiger partial charge in [0.1, 0.15) is 0 Å². The van der Waals surface area contributed by atoms with Crippen LogP contribution in [0.2, 0.25) is 0 Å². The van der Waals surface area contributed by atoms with E-state index in [1.54, 1.807) is 12.1 Å². The highest BCUT2D eigenvalue weighted by Gasteiger charge is 2.15. The molecule has 3 rings (SSSR count). The Morgan fingerprint density at radius 2 is 2.00 bits per heavy atom. The quantitative estimate of drug-likeness (QED) is 0.376. The first-order chi connectivity index (χ1) is 12.7. The summed E-state index contributed by atoms with van der Waals surface area (Å²) in [6.45, 7) is 0.203. The average molecular weight is 370 g/mol. The molecule has 0 radical (unpaired) electrons. The zero-order valence-corrected chi connectivity index (χ0v) is 15.0. The van der Waals surface area contributed by atoms with E-state index in [9.17, 15) is 4.79 Å². The number of hydrogen-bond donors (Lipinski definition) is 1. The van der Waals surface area contributed by atoms with E-state index < -0.39 is 5.97 Å². The smallest absolute Gasteiger partial charge is 0.334 e. The summed E-state index contributed by atoms with van der Waals surface area (Å²) in [7, 11) is 1.35. The summed E-state index contributed by atoms with van der Waals surface area (Å²) >= 11 is 1.27. The van der Waals surface area contributed by atoms with Crippen LogP contribution in [0.1, 0.15) is 5.56 Å². The third-order valence-corrected chi connectivity index (χ3v) is 4.40. The molecule has 134 valence electrons. The summed E-state index contributed by atoms with van der Waals surface area (Å²) < 4.78 is 15.5. The van der Waals surface area contributed by atoms with Gasteiger partial charge in [-0.2, -0.15) is 0 Å². The van der Waals surface area contributed by atoms with Crippen molar-refractivity contribution in [2.24, 2.45) is 10.7 Å². The molecule has 7 heteroatoms. The number of hydrogen-bond acceptors (Lipinski definition) is 6. The van der Waals surface area contributed by atoms with Gasteiger partial charge in [-0.25, -0.2) is 9.79 Å². The van der Waals surface area contributed by atoms with E-state index in [2.05, 4.69) is 4.99 Å². The largest absolute Gasteiger partial charge is 0.466 e. The maximum Gasteiger partial charge on any atom is 0.334 e. The molecule has 0 unspecified atom stereocenters. The fourth-order valence-corrected chi connectivity index (χ4v) is 2.98. The molecule has 6 nitrogen and oxygen atoms in total. The van der Waals surface area contributed by atoms with Gasteiger partial charge in [0.2, 0.25) is 6.79 Å². The van der Waals surface area contributed by atoms with Crippen molar-refractivity contribution in [2.45, 2.75) is 0 Å². The number of para-hydroxylation sites is 1. The number of nitrogens with zero attached hydrogens (tertiary/aromatic N) is 1. The van der Waals surface area contributed by atoms with E-state index in [0.717, 1.165) is 11.3 Å². The molecule has 0 fully saturated rings. The van der Waals surface area contributed by atoms with E-state index in [0.29, 0.717) is 28.0 Å². The molecule has 1 heterocycles. The van der Waals surface area contributed by atoms with E-state index in [1.807, 2.05) is 42.5 Å². The average Bonchev–Trinajstić information content (AvgIpc) is 3.13. The molecular formula is C19H18N2O4S. The summed E-state index contributed by atoms with van der Waals surface area (Å²) in [6.07, 6.45) is 1.75. The van der Waals surface area contributed by atoms with Crippen molar-refractivity contribution in [1.82, 2.24) is 0 Å². The fraction of sp³-hybridized carbons (Fsp3) is 0.158. The van der Waals surface area contributed by atoms with Gasteiger partial charge in [-0.3, -0.25) is 0 Å². The van der Waals surface area contributed by atoms with Crippen molar-refractivity contribution in [3.8, 4) is 11.5 Å². The Bertz CT molecular complexity index is 850. The Morgan fingerprint density at radius 1 is 1.23 bits per heavy atom. The number of ether oxygens (including phenoxy) is 3. The van der Waals surface area contributed by atoms with Crippen LogP contribution >= 0.6 is 11.8 Å². The van der Waals surface area contributed by atoms with Gasteiger partial charge in [0.15, 0.2) is 16.7 Å². The third-order valence-electron chi connectivity index (χ3n) is 3.56. The molecule has 2 aromatic carbocycles. The number of aliphatic imine (C=N–C) groups is 1. The standard InChI is InChI=1S/C19H18N2O4S/c1-23-18(22)14(9-13-7-8-16-17(10-13)25-12-24-16)11-26-19(20)21-15-5-3-2-4-6-15/h2-10H,11-12H2,1H3,(H2,20,21)/b14-9+. The van der Waals surface area contributed by atoms with Crippen LogP contribution in [0.3, 0.4) is 0 Å². The molecular weight excluding hydrogens is 352 g/mol. The number of benzene rings is 2. The van der Waals surface area contributed by atoms with Crippen molar-refractivity contribution >= 4 is 34.7 Å². The predicted molar refractivity (Wildman–Crippen MR) is 103 cm³/mol. The highest BCUT2D eigenvalue weighted by atomic mass is 32.2. The summed E-state index contributed by atoms with van der Waals surface area (Å²) in [5.74, 6) is 1.27. The second-order valence-corrected chi connectivity index (χ2v) is 6.34. The topological polar surface area (TPSA) is 83.1 Å². The molecule has 0 saturated heterocycles. The number of nitrogens with two attached hydrogens (primary N) is 1. The number of rotatable bonds is 5. The Morgan fingerprint density at radius 3 is 2.77 bits per heavy atom. The maximum absolute atomic E-state index is 12.1. The number of thioether (sulfide) groups is 1. The Kier molecular flexibility index (Phi) is 5.80. The Hall–Kier alpha value is -2.93. The van der Waals surface area contributed by atoms with Crippen molar-refractivity contribution in [3.63, 3.8) is 0 Å². The zero-order valence-electron chi connectivity index (χ0n) is 14.2. The first-order valence-electron chi connectivity index (χ1n) is 7.86. The fourth-order valence-electron chi connectivity index (χ4n) is 2.31. The lowest BCUT2D eigenvalue weighted by Crippen LogP contribution is -2.12. The van der Waals surface area contributed by atoms with Crippen LogP contribution < -0.4 is 15.2 Å². The minimum absolute atomic E-state index is 0.203. The second-order valence-electron chi connectivity index (χ2n) is 5.35. The molecule has 0 aromatic heterocycles. The molecule has 2 aromatic rings. The van der Waals surface area contributed by atoms with E-state index in [4.69, 9.17) is 19.9 Å². The van der Waals surface area contributed by atoms with E-state index >= 15 is 0 Å². The highest BCUT2D eigenvalue weighted by molar-refractivity contribution is 8.14. The molecule has 0 aliphatic carbocycles. The molecule has 0 amide bonds. The van der Waals surface area contributed by atoms with Crippen molar-refractivity contribution in [2.75, 3.05) is 19.7 Å². The second kappa shape index (κ2) is 8.44. The summed E-state index contributed by atoms with van der Waals surface area (Å²) in [5.41, 5.74) is 8.01. The third kappa shape index (κ3) is 4.58. The zero-order chi connectivity index (χ0) is 18.4. The van der Waals surface area contributed by atoms with Crippen LogP contribution in [-0.4, -0.2) is 30.8 Å². The van der Waals surface area contributed by atoms with Crippen LogP contribution in [0.4, 0.5) is 5.69 Å². The van der Waals surface area contributed by atoms with Gasteiger partial charge in [0, 0.05) is 11.3 Å². The predicted octanol–water partition coefficient (Wildman–Crippen LogP) is 3.35. The van der Waals surface area contributed by atoms with Crippen LogP contribution in [-0.2, 0) is 9.53 Å². The van der Waals surface area contributed by atoms with Crippen molar-refractivity contribution in [1.29, 1.82) is 0 Å². The Balaban J connectivity index is 1.74. The number of amidine groups is 1. The van der Waals surface area contributed by atoms with Crippen LogP contribution in [0.15, 0.2) is 59.1 Å². The minimum atomic E-state index is -0.414. The first-order valence-corrected chi connectivity index (χ1v) is 8.85. The number of fused-ring (bicyclic) bond motifs is 1. The number of carbonyl (C=O) groups is 1. The number of carbonyl (C=O) groups excluding carboxylic acids is 1. The highest BCUT2D eigenvalue weighted by Crippen LogP contribution is 2.33. The molecule has 1 aliphatic rings. The molecule has 0 bridgehead atoms. The van der Waals surface area contributed by atoms with E-state index in [1.165, 1.54) is 18.9 Å². The number of methoxy groups -OCH3 is 1. The SMILES string of the molecule is COC(=O)/C(=C/c1ccc2c(c1)OCO2)CSC(N)=Nc1ccccc1. The molecule has 0 atom stereocenters. The van der Waals surface area contributed by atoms with Crippen LogP contribution in [0.5, 0.6) is 11.5 Å². The lowest BCUT2D eigenvalue weighted by molar-refractivity contribution is -0.135. The van der Waals surface area contributed by atoms with Gasteiger partial charge in [0.05, 0.1) is 12.8 Å². The normalized spacial score (nSPS) is 13.6. The van der Waals surface area contributed by atoms with Gasteiger partial charge >= 0.3 is 5.97 Å². The van der Waals surface area contributed by atoms with Crippen molar-refractivity contribution < 1.29 is 19.0 Å². The first kappa shape index (κ1) is 17.9. The van der Waals surface area contributed by atoms with Gasteiger partial charge < -0.3 is 19.9 Å². The summed E-state index contributed by atoms with van der Waals surface area (Å²) in [5, 5.41) is 0.372. The summed E-state index contributed by atoms with van der Waals surface area (Å²) in [4.78, 5) is 16.4. The summed E-state index contributed by atoms with van der Waals surface area (Å²) in [6, 6.07) is 14.9. The lowest BCUT2D eigenvalue weighted by atomic mass is 10.1. The van der Waals surface area contributed by atoms with Crippen molar-refractivity contribution in [3.05, 3.63) is 59.7 Å². The minimum Gasteiger partial charge on any atom is -0.466 e.